The van der Waals surface area contributed by atoms with Gasteiger partial charge in [0.2, 0.25) is 0 Å². The Morgan fingerprint density at radius 3 is 2.41 bits per heavy atom. The maximum atomic E-state index is 12.1. The predicted octanol–water partition coefficient (Wildman–Crippen LogP) is 6.52. The van der Waals surface area contributed by atoms with Gasteiger partial charge < -0.3 is 10.2 Å². The zero-order valence-electron chi connectivity index (χ0n) is 21.5. The molecule has 3 saturated carbocycles. The molecule has 32 heavy (non-hydrogen) atoms. The standard InChI is InChI=1S/C29H48O3/c1-7-23(18(2)3)29(31,32)17-19(4)24-10-11-25-22-9-8-20-16-21(30)12-14-27(20,5)26(22)13-15-28(24,25)6/h16,18-19,22-26,31-32H,7-15,17H2,1-6H3/t19-,22-,23-,24-,25+,26+,27-,28-/m1/s1. The van der Waals surface area contributed by atoms with E-state index in [0.717, 1.165) is 43.4 Å². The maximum Gasteiger partial charge on any atom is 0.165 e. The second kappa shape index (κ2) is 8.52. The van der Waals surface area contributed by atoms with Crippen molar-refractivity contribution in [3.63, 3.8) is 0 Å². The minimum atomic E-state index is -1.57. The molecule has 0 unspecified atom stereocenters. The smallest absolute Gasteiger partial charge is 0.165 e. The van der Waals surface area contributed by atoms with E-state index in [4.69, 9.17) is 0 Å². The first kappa shape index (κ1) is 24.5. The molecule has 0 amide bonds. The fraction of sp³-hybridized carbons (Fsp3) is 0.897. The molecule has 0 aromatic carbocycles. The molecule has 4 aliphatic carbocycles. The first-order valence-electron chi connectivity index (χ1n) is 13.6. The average molecular weight is 445 g/mol. The van der Waals surface area contributed by atoms with E-state index in [1.807, 2.05) is 6.08 Å². The van der Waals surface area contributed by atoms with Gasteiger partial charge in [-0.05, 0) is 104 Å². The van der Waals surface area contributed by atoms with Crippen LogP contribution in [0.25, 0.3) is 0 Å². The molecule has 0 aromatic heterocycles. The average Bonchev–Trinajstić information content (AvgIpc) is 3.05. The molecular weight excluding hydrogens is 396 g/mol. The molecule has 8 atom stereocenters. The van der Waals surface area contributed by atoms with Gasteiger partial charge in [-0.15, -0.1) is 0 Å². The van der Waals surface area contributed by atoms with Gasteiger partial charge in [-0.3, -0.25) is 4.79 Å². The molecule has 2 N–H and O–H groups in total. The summed E-state index contributed by atoms with van der Waals surface area (Å²) >= 11 is 0. The number of hydrogen-bond donors (Lipinski definition) is 2. The highest BCUT2D eigenvalue weighted by molar-refractivity contribution is 5.91. The highest BCUT2D eigenvalue weighted by atomic mass is 16.5. The fourth-order valence-corrected chi connectivity index (χ4v) is 9.63. The third-order valence-corrected chi connectivity index (χ3v) is 11.2. The van der Waals surface area contributed by atoms with Crippen molar-refractivity contribution in [3.05, 3.63) is 11.6 Å². The molecule has 0 aromatic rings. The number of carbonyl (C=O) groups is 1. The Balaban J connectivity index is 1.52. The van der Waals surface area contributed by atoms with Crippen LogP contribution in [-0.4, -0.2) is 21.8 Å². The second-order valence-electron chi connectivity index (χ2n) is 13.0. The van der Waals surface area contributed by atoms with E-state index in [1.165, 1.54) is 37.7 Å². The van der Waals surface area contributed by atoms with Gasteiger partial charge in [0.25, 0.3) is 0 Å². The van der Waals surface area contributed by atoms with Gasteiger partial charge in [-0.2, -0.15) is 0 Å². The van der Waals surface area contributed by atoms with Crippen LogP contribution in [0, 0.1) is 52.3 Å². The summed E-state index contributed by atoms with van der Waals surface area (Å²) in [7, 11) is 0. The summed E-state index contributed by atoms with van der Waals surface area (Å²) in [5, 5.41) is 22.1. The van der Waals surface area contributed by atoms with Crippen LogP contribution in [0.1, 0.15) is 106 Å². The lowest BCUT2D eigenvalue weighted by molar-refractivity contribution is -0.225. The number of rotatable bonds is 6. The van der Waals surface area contributed by atoms with E-state index >= 15 is 0 Å². The fourth-order valence-electron chi connectivity index (χ4n) is 9.63. The third kappa shape index (κ3) is 3.84. The van der Waals surface area contributed by atoms with Crippen LogP contribution >= 0.6 is 0 Å². The van der Waals surface area contributed by atoms with Crippen molar-refractivity contribution in [2.45, 2.75) is 112 Å². The van der Waals surface area contributed by atoms with Gasteiger partial charge in [0.05, 0.1) is 0 Å². The van der Waals surface area contributed by atoms with Crippen molar-refractivity contribution < 1.29 is 15.0 Å². The summed E-state index contributed by atoms with van der Waals surface area (Å²) in [5.41, 5.74) is 2.00. The number of carbonyl (C=O) groups excluding carboxylic acids is 1. The van der Waals surface area contributed by atoms with Crippen LogP contribution in [0.15, 0.2) is 11.6 Å². The Morgan fingerprint density at radius 1 is 1.03 bits per heavy atom. The van der Waals surface area contributed by atoms with Crippen molar-refractivity contribution in [3.8, 4) is 0 Å². The van der Waals surface area contributed by atoms with E-state index in [2.05, 4.69) is 41.5 Å². The van der Waals surface area contributed by atoms with Crippen LogP contribution < -0.4 is 0 Å². The first-order valence-corrected chi connectivity index (χ1v) is 13.6. The number of aliphatic hydroxyl groups is 2. The summed E-state index contributed by atoms with van der Waals surface area (Å²) in [6, 6.07) is 0. The maximum absolute atomic E-state index is 12.1. The SMILES string of the molecule is CC[C@H](C(C)C)C(O)(O)C[C@@H](C)[C@H]1CC[C@H]2[C@H]3CCC4=CC(=O)CC[C@@]4(C)[C@H]3CC[C@]12C. The molecule has 182 valence electrons. The predicted molar refractivity (Wildman–Crippen MR) is 130 cm³/mol. The van der Waals surface area contributed by atoms with E-state index in [1.54, 1.807) is 0 Å². The molecule has 0 aliphatic heterocycles. The van der Waals surface area contributed by atoms with Gasteiger partial charge in [0.1, 0.15) is 0 Å². The van der Waals surface area contributed by atoms with E-state index in [9.17, 15) is 15.0 Å². The Labute approximate surface area is 196 Å². The van der Waals surface area contributed by atoms with Crippen LogP contribution in [0.5, 0.6) is 0 Å². The number of ketones is 1. The Hall–Kier alpha value is -0.670. The number of fused-ring (bicyclic) bond motifs is 5. The van der Waals surface area contributed by atoms with Gasteiger partial charge in [-0.25, -0.2) is 0 Å². The summed E-state index contributed by atoms with van der Waals surface area (Å²) in [4.78, 5) is 12.1. The number of hydrogen-bond acceptors (Lipinski definition) is 3. The Kier molecular flexibility index (Phi) is 6.51. The molecule has 0 saturated heterocycles. The molecule has 3 heteroatoms. The van der Waals surface area contributed by atoms with Crippen LogP contribution in [-0.2, 0) is 4.79 Å². The molecule has 3 fully saturated rings. The van der Waals surface area contributed by atoms with Crippen LogP contribution in [0.2, 0.25) is 0 Å². The van der Waals surface area contributed by atoms with Crippen molar-refractivity contribution in [1.82, 2.24) is 0 Å². The van der Waals surface area contributed by atoms with E-state index < -0.39 is 5.79 Å². The van der Waals surface area contributed by atoms with Gasteiger partial charge in [-0.1, -0.05) is 47.1 Å². The minimum Gasteiger partial charge on any atom is -0.365 e. The molecular formula is C29H48O3. The lowest BCUT2D eigenvalue weighted by atomic mass is 9.46. The van der Waals surface area contributed by atoms with E-state index in [-0.39, 0.29) is 17.3 Å². The molecule has 0 bridgehead atoms. The normalized spacial score (nSPS) is 41.5. The highest BCUT2D eigenvalue weighted by Crippen LogP contribution is 2.67. The third-order valence-electron chi connectivity index (χ3n) is 11.2. The summed E-state index contributed by atoms with van der Waals surface area (Å²) < 4.78 is 0. The largest absolute Gasteiger partial charge is 0.365 e. The van der Waals surface area contributed by atoms with Crippen LogP contribution in [0.3, 0.4) is 0 Å². The van der Waals surface area contributed by atoms with Gasteiger partial charge >= 0.3 is 0 Å². The van der Waals surface area contributed by atoms with Gasteiger partial charge in [0, 0.05) is 18.8 Å². The summed E-state index contributed by atoms with van der Waals surface area (Å²) in [5.74, 6) is 2.14. The van der Waals surface area contributed by atoms with Crippen molar-refractivity contribution in [2.24, 2.45) is 52.3 Å². The lowest BCUT2D eigenvalue weighted by Crippen LogP contribution is -2.51. The summed E-state index contributed by atoms with van der Waals surface area (Å²) in [6.07, 6.45) is 12.5. The van der Waals surface area contributed by atoms with E-state index in [0.29, 0.717) is 29.5 Å². The highest BCUT2D eigenvalue weighted by Gasteiger charge is 2.59. The molecule has 3 nitrogen and oxygen atoms in total. The quantitative estimate of drug-likeness (QED) is 0.458. The zero-order chi connectivity index (χ0) is 23.5. The molecule has 0 heterocycles. The van der Waals surface area contributed by atoms with Crippen molar-refractivity contribution >= 4 is 5.78 Å². The molecule has 4 aliphatic rings. The van der Waals surface area contributed by atoms with Crippen molar-refractivity contribution in [1.29, 1.82) is 0 Å². The van der Waals surface area contributed by atoms with Crippen LogP contribution in [0.4, 0.5) is 0 Å². The summed E-state index contributed by atoms with van der Waals surface area (Å²) in [6.45, 7) is 13.6. The topological polar surface area (TPSA) is 57.5 Å². The Morgan fingerprint density at radius 2 is 1.75 bits per heavy atom. The Bertz CT molecular complexity index is 752. The number of allylic oxidation sites excluding steroid dienone is 1. The first-order chi connectivity index (χ1) is 14.9. The lowest BCUT2D eigenvalue weighted by Gasteiger charge is -2.58. The monoisotopic (exact) mass is 444 g/mol. The molecule has 4 rings (SSSR count). The van der Waals surface area contributed by atoms with Gasteiger partial charge in [0.15, 0.2) is 11.6 Å². The molecule has 0 radical (unpaired) electrons. The van der Waals surface area contributed by atoms with Crippen molar-refractivity contribution in [2.75, 3.05) is 0 Å². The second-order valence-corrected chi connectivity index (χ2v) is 13.0. The molecule has 0 spiro atoms. The minimum absolute atomic E-state index is 0.0665. The zero-order valence-corrected chi connectivity index (χ0v) is 21.5.